The highest BCUT2D eigenvalue weighted by atomic mass is 35.5. The second-order valence-electron chi connectivity index (χ2n) is 4.25. The number of pyridine rings is 1. The normalized spacial score (nSPS) is 10.4. The molecule has 1 aromatic carbocycles. The third kappa shape index (κ3) is 3.30. The van der Waals surface area contributed by atoms with Crippen LogP contribution in [0.3, 0.4) is 0 Å². The summed E-state index contributed by atoms with van der Waals surface area (Å²) in [6.45, 7) is 0.454. The molecule has 20 heavy (non-hydrogen) atoms. The van der Waals surface area contributed by atoms with Gasteiger partial charge in [-0.2, -0.15) is 0 Å². The van der Waals surface area contributed by atoms with Crippen molar-refractivity contribution in [1.82, 2.24) is 4.98 Å². The molecule has 0 aliphatic rings. The Hall–Kier alpha value is -1.56. The fourth-order valence-electron chi connectivity index (χ4n) is 1.81. The van der Waals surface area contributed by atoms with Crippen molar-refractivity contribution in [2.24, 2.45) is 5.84 Å². The van der Waals surface area contributed by atoms with Gasteiger partial charge in [0.1, 0.15) is 11.6 Å². The lowest BCUT2D eigenvalue weighted by molar-refractivity contribution is 0.625. The fourth-order valence-corrected chi connectivity index (χ4v) is 2.37. The molecule has 0 bridgehead atoms. The summed E-state index contributed by atoms with van der Waals surface area (Å²) in [7, 11) is 1.80. The Labute approximate surface area is 126 Å². The van der Waals surface area contributed by atoms with Crippen molar-refractivity contribution >= 4 is 34.8 Å². The number of nitrogens with one attached hydrogen (secondary N) is 1. The van der Waals surface area contributed by atoms with Crippen LogP contribution in [0.2, 0.25) is 10.0 Å². The van der Waals surface area contributed by atoms with E-state index in [1.807, 2.05) is 6.07 Å². The quantitative estimate of drug-likeness (QED) is 0.670. The summed E-state index contributed by atoms with van der Waals surface area (Å²) in [4.78, 5) is 6.03. The number of anilines is 2. The summed E-state index contributed by atoms with van der Waals surface area (Å²) in [6, 6.07) is 7.90. The fraction of sp³-hybridized carbons (Fsp3) is 0.154. The van der Waals surface area contributed by atoms with Gasteiger partial charge in [0.2, 0.25) is 0 Å². The van der Waals surface area contributed by atoms with Gasteiger partial charge in [-0.25, -0.2) is 15.2 Å². The maximum Gasteiger partial charge on any atom is 0.161 e. The molecule has 0 saturated heterocycles. The molecular formula is C13H13Cl2FN4. The lowest BCUT2D eigenvalue weighted by Gasteiger charge is -2.20. The van der Waals surface area contributed by atoms with E-state index in [1.54, 1.807) is 24.1 Å². The largest absolute Gasteiger partial charge is 0.354 e. The predicted octanol–water partition coefficient (Wildman–Crippen LogP) is 3.45. The van der Waals surface area contributed by atoms with Crippen LogP contribution in [-0.2, 0) is 6.54 Å². The Kier molecular flexibility index (Phi) is 4.65. The Morgan fingerprint density at radius 3 is 2.70 bits per heavy atom. The Bertz CT molecular complexity index is 621. The Morgan fingerprint density at radius 1 is 1.30 bits per heavy atom. The van der Waals surface area contributed by atoms with Crippen molar-refractivity contribution in [1.29, 1.82) is 0 Å². The van der Waals surface area contributed by atoms with Crippen molar-refractivity contribution in [2.75, 3.05) is 17.4 Å². The van der Waals surface area contributed by atoms with E-state index in [0.717, 1.165) is 5.56 Å². The third-order valence-corrected chi connectivity index (χ3v) is 3.28. The zero-order valence-corrected chi connectivity index (χ0v) is 12.2. The highest BCUT2D eigenvalue weighted by Gasteiger charge is 2.13. The molecule has 2 rings (SSSR count). The van der Waals surface area contributed by atoms with E-state index in [-0.39, 0.29) is 5.82 Å². The number of nitrogen functional groups attached to an aromatic ring is 1. The Balaban J connectivity index is 2.27. The first-order valence-corrected chi connectivity index (χ1v) is 6.55. The molecule has 0 unspecified atom stereocenters. The summed E-state index contributed by atoms with van der Waals surface area (Å²) in [5.74, 6) is 5.89. The predicted molar refractivity (Wildman–Crippen MR) is 80.6 cm³/mol. The molecule has 0 aliphatic heterocycles. The first kappa shape index (κ1) is 14.8. The van der Waals surface area contributed by atoms with Gasteiger partial charge in [-0.15, -0.1) is 0 Å². The molecule has 0 saturated carbocycles. The van der Waals surface area contributed by atoms with Crippen molar-refractivity contribution in [3.05, 3.63) is 51.8 Å². The summed E-state index contributed by atoms with van der Waals surface area (Å²) < 4.78 is 13.2. The van der Waals surface area contributed by atoms with Gasteiger partial charge >= 0.3 is 0 Å². The van der Waals surface area contributed by atoms with Gasteiger partial charge in [-0.1, -0.05) is 35.3 Å². The zero-order valence-electron chi connectivity index (χ0n) is 10.7. The van der Waals surface area contributed by atoms with Gasteiger partial charge < -0.3 is 10.3 Å². The molecule has 0 atom stereocenters. The van der Waals surface area contributed by atoms with Crippen LogP contribution in [-0.4, -0.2) is 12.0 Å². The summed E-state index contributed by atoms with van der Waals surface area (Å²) in [5.41, 5.74) is 3.21. The molecule has 1 heterocycles. The van der Waals surface area contributed by atoms with Crippen molar-refractivity contribution in [3.63, 3.8) is 0 Å². The van der Waals surface area contributed by atoms with Gasteiger partial charge in [-0.05, 0) is 23.8 Å². The molecule has 0 aliphatic carbocycles. The molecule has 106 valence electrons. The number of hydrazine groups is 1. The number of rotatable bonds is 4. The molecule has 2 aromatic rings. The number of nitrogens with zero attached hydrogens (tertiary/aromatic N) is 2. The van der Waals surface area contributed by atoms with Gasteiger partial charge in [-0.3, -0.25) is 0 Å². The highest BCUT2D eigenvalue weighted by molar-refractivity contribution is 6.37. The van der Waals surface area contributed by atoms with Crippen LogP contribution < -0.4 is 16.2 Å². The summed E-state index contributed by atoms with van der Waals surface area (Å²) in [6.07, 6.45) is 0. The van der Waals surface area contributed by atoms with E-state index in [9.17, 15) is 4.39 Å². The first-order chi connectivity index (χ1) is 9.51. The minimum Gasteiger partial charge on any atom is -0.354 e. The van der Waals surface area contributed by atoms with Crippen LogP contribution in [0.1, 0.15) is 5.56 Å². The molecule has 1 aromatic heterocycles. The van der Waals surface area contributed by atoms with Gasteiger partial charge in [0.15, 0.2) is 5.82 Å². The number of nitrogens with two attached hydrogens (primary N) is 1. The molecule has 3 N–H and O–H groups in total. The average Bonchev–Trinajstić information content (AvgIpc) is 2.38. The molecular weight excluding hydrogens is 302 g/mol. The van der Waals surface area contributed by atoms with Crippen LogP contribution in [0.15, 0.2) is 30.3 Å². The van der Waals surface area contributed by atoms with E-state index in [2.05, 4.69) is 10.4 Å². The van der Waals surface area contributed by atoms with Crippen LogP contribution in [0.4, 0.5) is 16.0 Å². The van der Waals surface area contributed by atoms with Gasteiger partial charge in [0, 0.05) is 13.6 Å². The van der Waals surface area contributed by atoms with E-state index < -0.39 is 0 Å². The number of hydrogen-bond acceptors (Lipinski definition) is 4. The van der Waals surface area contributed by atoms with Crippen molar-refractivity contribution in [3.8, 4) is 0 Å². The van der Waals surface area contributed by atoms with Crippen LogP contribution >= 0.6 is 23.2 Å². The minimum atomic E-state index is -0.282. The molecule has 7 heteroatoms. The second kappa shape index (κ2) is 6.26. The van der Waals surface area contributed by atoms with E-state index in [4.69, 9.17) is 29.0 Å². The minimum absolute atomic E-state index is 0.282. The van der Waals surface area contributed by atoms with E-state index >= 15 is 0 Å². The SMILES string of the molecule is CN(Cc1cccc(F)c1)c1nc(NN)c(Cl)cc1Cl. The second-order valence-corrected chi connectivity index (χ2v) is 5.07. The van der Waals surface area contributed by atoms with Gasteiger partial charge in [0.05, 0.1) is 10.0 Å². The van der Waals surface area contributed by atoms with Crippen LogP contribution in [0.5, 0.6) is 0 Å². The number of hydrogen-bond donors (Lipinski definition) is 2. The maximum atomic E-state index is 13.2. The summed E-state index contributed by atoms with van der Waals surface area (Å²) in [5, 5.41) is 0.730. The zero-order chi connectivity index (χ0) is 14.7. The summed E-state index contributed by atoms with van der Waals surface area (Å²) >= 11 is 12.0. The van der Waals surface area contributed by atoms with E-state index in [1.165, 1.54) is 12.1 Å². The van der Waals surface area contributed by atoms with Crippen molar-refractivity contribution < 1.29 is 4.39 Å². The number of halogens is 3. The molecule has 4 nitrogen and oxygen atoms in total. The number of aromatic nitrogens is 1. The lowest BCUT2D eigenvalue weighted by Crippen LogP contribution is -2.19. The Morgan fingerprint density at radius 2 is 2.05 bits per heavy atom. The topological polar surface area (TPSA) is 54.2 Å². The standard InChI is InChI=1S/C13H13Cl2FN4/c1-20(7-8-3-2-4-9(16)5-8)13-11(15)6-10(14)12(18-13)19-17/h2-6H,7,17H2,1H3,(H,18,19). The van der Waals surface area contributed by atoms with Gasteiger partial charge in [0.25, 0.3) is 0 Å². The number of benzene rings is 1. The monoisotopic (exact) mass is 314 g/mol. The van der Waals surface area contributed by atoms with Crippen LogP contribution in [0, 0.1) is 5.82 Å². The molecule has 0 radical (unpaired) electrons. The highest BCUT2D eigenvalue weighted by Crippen LogP contribution is 2.31. The molecule has 0 fully saturated rings. The lowest BCUT2D eigenvalue weighted by atomic mass is 10.2. The molecule has 0 amide bonds. The van der Waals surface area contributed by atoms with Crippen molar-refractivity contribution in [2.45, 2.75) is 6.54 Å². The van der Waals surface area contributed by atoms with E-state index in [0.29, 0.717) is 28.2 Å². The first-order valence-electron chi connectivity index (χ1n) is 5.79. The smallest absolute Gasteiger partial charge is 0.161 e. The third-order valence-electron chi connectivity index (χ3n) is 2.72. The van der Waals surface area contributed by atoms with Crippen LogP contribution in [0.25, 0.3) is 0 Å². The maximum absolute atomic E-state index is 13.2. The average molecular weight is 315 g/mol. The molecule has 0 spiro atoms.